The first-order valence-electron chi connectivity index (χ1n) is 5.26. The van der Waals surface area contributed by atoms with E-state index in [2.05, 4.69) is 19.2 Å². The maximum atomic E-state index is 11.6. The standard InChI is InChI=1S/C10H20N2OS/c1-7(2)8(11)6-12-10(13)9-4-3-5-14-9/h7-9H,3-6,11H2,1-2H3,(H,12,13). The van der Waals surface area contributed by atoms with Crippen molar-refractivity contribution in [1.82, 2.24) is 5.32 Å². The van der Waals surface area contributed by atoms with Gasteiger partial charge in [0, 0.05) is 12.6 Å². The smallest absolute Gasteiger partial charge is 0.233 e. The van der Waals surface area contributed by atoms with Gasteiger partial charge in [0.05, 0.1) is 5.25 Å². The molecule has 2 atom stereocenters. The molecule has 1 aliphatic heterocycles. The average molecular weight is 216 g/mol. The molecule has 1 heterocycles. The van der Waals surface area contributed by atoms with Crippen molar-refractivity contribution in [3.05, 3.63) is 0 Å². The lowest BCUT2D eigenvalue weighted by Gasteiger charge is -2.17. The fourth-order valence-corrected chi connectivity index (χ4v) is 2.54. The van der Waals surface area contributed by atoms with Crippen molar-refractivity contribution in [1.29, 1.82) is 0 Å². The molecule has 0 aromatic carbocycles. The van der Waals surface area contributed by atoms with Crippen LogP contribution in [0.25, 0.3) is 0 Å². The van der Waals surface area contributed by atoms with E-state index in [9.17, 15) is 4.79 Å². The highest BCUT2D eigenvalue weighted by molar-refractivity contribution is 8.00. The number of amides is 1. The van der Waals surface area contributed by atoms with Crippen LogP contribution < -0.4 is 11.1 Å². The Bertz CT molecular complexity index is 191. The molecule has 1 amide bonds. The second kappa shape index (κ2) is 5.61. The lowest BCUT2D eigenvalue weighted by molar-refractivity contribution is -0.120. The van der Waals surface area contributed by atoms with Crippen LogP contribution in [0.3, 0.4) is 0 Å². The summed E-state index contributed by atoms with van der Waals surface area (Å²) in [7, 11) is 0. The normalized spacial score (nSPS) is 23.9. The van der Waals surface area contributed by atoms with Crippen LogP contribution in [-0.2, 0) is 4.79 Å². The zero-order valence-corrected chi connectivity index (χ0v) is 9.77. The molecule has 1 saturated heterocycles. The third-order valence-electron chi connectivity index (χ3n) is 2.59. The van der Waals surface area contributed by atoms with Crippen molar-refractivity contribution in [2.45, 2.75) is 38.0 Å². The molecule has 0 bridgehead atoms. The maximum Gasteiger partial charge on any atom is 0.233 e. The van der Waals surface area contributed by atoms with E-state index in [1.807, 2.05) is 0 Å². The minimum atomic E-state index is 0.0744. The van der Waals surface area contributed by atoms with Crippen LogP contribution in [0.5, 0.6) is 0 Å². The number of rotatable bonds is 4. The minimum Gasteiger partial charge on any atom is -0.354 e. The second-order valence-corrected chi connectivity index (χ2v) is 5.47. The van der Waals surface area contributed by atoms with Gasteiger partial charge in [-0.2, -0.15) is 0 Å². The third kappa shape index (κ3) is 3.50. The third-order valence-corrected chi connectivity index (χ3v) is 3.97. The van der Waals surface area contributed by atoms with Gasteiger partial charge in [0.25, 0.3) is 0 Å². The van der Waals surface area contributed by atoms with Crippen molar-refractivity contribution in [3.8, 4) is 0 Å². The highest BCUT2D eigenvalue weighted by Crippen LogP contribution is 2.25. The van der Waals surface area contributed by atoms with Gasteiger partial charge in [-0.15, -0.1) is 11.8 Å². The summed E-state index contributed by atoms with van der Waals surface area (Å²) in [6.07, 6.45) is 2.19. The molecule has 0 aromatic rings. The van der Waals surface area contributed by atoms with Crippen LogP contribution in [0, 0.1) is 5.92 Å². The van der Waals surface area contributed by atoms with Crippen LogP contribution in [-0.4, -0.2) is 29.5 Å². The summed E-state index contributed by atoms with van der Waals surface area (Å²) in [5.41, 5.74) is 5.84. The number of thioether (sulfide) groups is 1. The van der Waals surface area contributed by atoms with Gasteiger partial charge >= 0.3 is 0 Å². The summed E-state index contributed by atoms with van der Waals surface area (Å²) in [6.45, 7) is 4.75. The van der Waals surface area contributed by atoms with Crippen LogP contribution in [0.2, 0.25) is 0 Å². The fraction of sp³-hybridized carbons (Fsp3) is 0.900. The van der Waals surface area contributed by atoms with Gasteiger partial charge in [-0.1, -0.05) is 13.8 Å². The molecule has 3 nitrogen and oxygen atoms in total. The largest absolute Gasteiger partial charge is 0.354 e. The zero-order chi connectivity index (χ0) is 10.6. The van der Waals surface area contributed by atoms with Gasteiger partial charge < -0.3 is 11.1 Å². The van der Waals surface area contributed by atoms with E-state index in [0.717, 1.165) is 12.2 Å². The van der Waals surface area contributed by atoms with E-state index in [1.165, 1.54) is 6.42 Å². The van der Waals surface area contributed by atoms with Crippen LogP contribution in [0.1, 0.15) is 26.7 Å². The topological polar surface area (TPSA) is 55.1 Å². The SMILES string of the molecule is CC(C)C(N)CNC(=O)C1CCCS1. The van der Waals surface area contributed by atoms with E-state index in [0.29, 0.717) is 12.5 Å². The first-order valence-corrected chi connectivity index (χ1v) is 6.31. The number of hydrogen-bond acceptors (Lipinski definition) is 3. The van der Waals surface area contributed by atoms with Gasteiger partial charge in [-0.3, -0.25) is 4.79 Å². The van der Waals surface area contributed by atoms with Crippen molar-refractivity contribution >= 4 is 17.7 Å². The molecule has 0 radical (unpaired) electrons. The van der Waals surface area contributed by atoms with Crippen LogP contribution in [0.15, 0.2) is 0 Å². The molecule has 0 aromatic heterocycles. The molecule has 82 valence electrons. The van der Waals surface area contributed by atoms with Gasteiger partial charge in [0.15, 0.2) is 0 Å². The molecular weight excluding hydrogens is 196 g/mol. The Kier molecular flexibility index (Phi) is 4.75. The summed E-state index contributed by atoms with van der Waals surface area (Å²) in [5, 5.41) is 3.10. The molecule has 3 N–H and O–H groups in total. The quantitative estimate of drug-likeness (QED) is 0.736. The molecule has 1 aliphatic rings. The number of carbonyl (C=O) groups is 1. The van der Waals surface area contributed by atoms with E-state index < -0.39 is 0 Å². The zero-order valence-electron chi connectivity index (χ0n) is 8.95. The van der Waals surface area contributed by atoms with E-state index in [-0.39, 0.29) is 17.2 Å². The molecule has 14 heavy (non-hydrogen) atoms. The van der Waals surface area contributed by atoms with E-state index in [4.69, 9.17) is 5.73 Å². The number of nitrogens with one attached hydrogen (secondary N) is 1. The summed E-state index contributed by atoms with van der Waals surface area (Å²) in [5.74, 6) is 1.71. The predicted octanol–water partition coefficient (Wildman–Crippen LogP) is 0.981. The molecule has 0 spiro atoms. The fourth-order valence-electron chi connectivity index (χ4n) is 1.35. The summed E-state index contributed by atoms with van der Waals surface area (Å²) >= 11 is 1.76. The number of carbonyl (C=O) groups excluding carboxylic acids is 1. The molecule has 1 rings (SSSR count). The maximum absolute atomic E-state index is 11.6. The van der Waals surface area contributed by atoms with Gasteiger partial charge in [-0.05, 0) is 24.5 Å². The Morgan fingerprint density at radius 2 is 2.36 bits per heavy atom. The Morgan fingerprint density at radius 1 is 1.64 bits per heavy atom. The Balaban J connectivity index is 2.20. The van der Waals surface area contributed by atoms with E-state index >= 15 is 0 Å². The Hall–Kier alpha value is -0.220. The van der Waals surface area contributed by atoms with Crippen molar-refractivity contribution in [3.63, 3.8) is 0 Å². The summed E-state index contributed by atoms with van der Waals surface area (Å²) in [6, 6.07) is 0.0744. The molecule has 1 fully saturated rings. The molecular formula is C10H20N2OS. The monoisotopic (exact) mass is 216 g/mol. The average Bonchev–Trinajstić information content (AvgIpc) is 2.66. The van der Waals surface area contributed by atoms with Gasteiger partial charge in [0.1, 0.15) is 0 Å². The minimum absolute atomic E-state index is 0.0744. The van der Waals surface area contributed by atoms with Crippen LogP contribution >= 0.6 is 11.8 Å². The van der Waals surface area contributed by atoms with Crippen molar-refractivity contribution in [2.24, 2.45) is 11.7 Å². The van der Waals surface area contributed by atoms with Crippen molar-refractivity contribution < 1.29 is 4.79 Å². The molecule has 4 heteroatoms. The molecule has 0 aliphatic carbocycles. The lowest BCUT2D eigenvalue weighted by atomic mass is 10.1. The Morgan fingerprint density at radius 3 is 2.86 bits per heavy atom. The van der Waals surface area contributed by atoms with E-state index in [1.54, 1.807) is 11.8 Å². The second-order valence-electron chi connectivity index (χ2n) is 4.15. The highest BCUT2D eigenvalue weighted by atomic mass is 32.2. The number of hydrogen-bond donors (Lipinski definition) is 2. The first kappa shape index (κ1) is 11.9. The van der Waals surface area contributed by atoms with Gasteiger partial charge in [0.2, 0.25) is 5.91 Å². The predicted molar refractivity (Wildman–Crippen MR) is 61.3 cm³/mol. The highest BCUT2D eigenvalue weighted by Gasteiger charge is 2.23. The van der Waals surface area contributed by atoms with Crippen molar-refractivity contribution in [2.75, 3.05) is 12.3 Å². The molecule has 0 saturated carbocycles. The molecule has 2 unspecified atom stereocenters. The first-order chi connectivity index (χ1) is 6.61. The van der Waals surface area contributed by atoms with Crippen LogP contribution in [0.4, 0.5) is 0 Å². The number of nitrogens with two attached hydrogens (primary N) is 1. The lowest BCUT2D eigenvalue weighted by Crippen LogP contribution is -2.42. The summed E-state index contributed by atoms with van der Waals surface area (Å²) < 4.78 is 0. The summed E-state index contributed by atoms with van der Waals surface area (Å²) in [4.78, 5) is 11.6. The Labute approximate surface area is 90.2 Å². The van der Waals surface area contributed by atoms with Gasteiger partial charge in [-0.25, -0.2) is 0 Å².